The Labute approximate surface area is 216 Å². The number of nitrogens with two attached hydrogens (primary N) is 1. The average Bonchev–Trinajstić information content (AvgIpc) is 3.22. The van der Waals surface area contributed by atoms with Gasteiger partial charge in [0.15, 0.2) is 5.78 Å². The van der Waals surface area contributed by atoms with E-state index in [1.165, 1.54) is 19.3 Å². The van der Waals surface area contributed by atoms with Crippen molar-refractivity contribution in [2.24, 2.45) is 28.9 Å². The number of Topliss-reactive ketones (excluding diaryl/α,β-unsaturated/α-hetero) is 1. The number of amides is 3. The van der Waals surface area contributed by atoms with Gasteiger partial charge in [0.2, 0.25) is 17.7 Å². The van der Waals surface area contributed by atoms with Crippen LogP contribution >= 0.6 is 0 Å². The lowest BCUT2D eigenvalue weighted by Gasteiger charge is -2.53. The third-order valence-corrected chi connectivity index (χ3v) is 9.01. The first-order chi connectivity index (χ1) is 17.1. The summed E-state index contributed by atoms with van der Waals surface area (Å²) in [4.78, 5) is 53.2. The standard InChI is InChI=1S/C28H48N4O4/c1-18(2)21-12-15-32(24(21)25(34)19(3)29)27(36)22(10-7-5-6-8-11-23(33)30-4)31-26(35)20-16-28(17-20)13-9-14-28/h18-22,24H,5-17,29H2,1-4H3,(H,30,33)(H,31,35)/t19?,21-,22+,24?/m1/s1. The molecule has 2 saturated carbocycles. The van der Waals surface area contributed by atoms with Crippen molar-refractivity contribution in [2.45, 2.75) is 116 Å². The Balaban J connectivity index is 1.64. The summed E-state index contributed by atoms with van der Waals surface area (Å²) < 4.78 is 0. The molecule has 4 N–H and O–H groups in total. The van der Waals surface area contributed by atoms with E-state index in [2.05, 4.69) is 24.5 Å². The molecule has 204 valence electrons. The van der Waals surface area contributed by atoms with E-state index in [9.17, 15) is 19.2 Å². The van der Waals surface area contributed by atoms with Crippen LogP contribution in [-0.2, 0) is 19.2 Å². The van der Waals surface area contributed by atoms with Gasteiger partial charge in [0.25, 0.3) is 0 Å². The number of nitrogens with zero attached hydrogens (tertiary/aromatic N) is 1. The molecule has 2 unspecified atom stereocenters. The largest absolute Gasteiger partial charge is 0.359 e. The monoisotopic (exact) mass is 504 g/mol. The molecule has 1 heterocycles. The van der Waals surface area contributed by atoms with Gasteiger partial charge in [-0.3, -0.25) is 19.2 Å². The molecule has 3 rings (SSSR count). The Hall–Kier alpha value is -1.96. The molecule has 0 aromatic carbocycles. The van der Waals surface area contributed by atoms with E-state index in [0.717, 1.165) is 44.9 Å². The van der Waals surface area contributed by atoms with Gasteiger partial charge < -0.3 is 21.3 Å². The minimum Gasteiger partial charge on any atom is -0.359 e. The van der Waals surface area contributed by atoms with Crippen molar-refractivity contribution in [3.8, 4) is 0 Å². The molecule has 0 aromatic heterocycles. The number of carbonyl (C=O) groups is 4. The Bertz CT molecular complexity index is 799. The van der Waals surface area contributed by atoms with Gasteiger partial charge in [-0.15, -0.1) is 0 Å². The van der Waals surface area contributed by atoms with E-state index in [1.54, 1.807) is 18.9 Å². The number of nitrogens with one attached hydrogen (secondary N) is 2. The van der Waals surface area contributed by atoms with Gasteiger partial charge in [-0.25, -0.2) is 0 Å². The van der Waals surface area contributed by atoms with Gasteiger partial charge in [-0.05, 0) is 69.1 Å². The van der Waals surface area contributed by atoms with Crippen molar-refractivity contribution in [1.82, 2.24) is 15.5 Å². The molecule has 0 radical (unpaired) electrons. The molecule has 0 bridgehead atoms. The molecule has 2 aliphatic carbocycles. The van der Waals surface area contributed by atoms with Gasteiger partial charge in [-0.1, -0.05) is 39.5 Å². The number of likely N-dealkylation sites (tertiary alicyclic amines) is 1. The third kappa shape index (κ3) is 6.67. The van der Waals surface area contributed by atoms with Crippen molar-refractivity contribution in [2.75, 3.05) is 13.6 Å². The first kappa shape index (κ1) is 28.6. The van der Waals surface area contributed by atoms with Crippen LogP contribution in [0, 0.1) is 23.2 Å². The Morgan fingerprint density at radius 3 is 2.25 bits per heavy atom. The van der Waals surface area contributed by atoms with Crippen LogP contribution in [-0.4, -0.2) is 60.1 Å². The number of hydrogen-bond acceptors (Lipinski definition) is 5. The van der Waals surface area contributed by atoms with Crippen LogP contribution in [0.1, 0.15) is 97.8 Å². The fourth-order valence-electron chi connectivity index (χ4n) is 6.51. The maximum Gasteiger partial charge on any atom is 0.245 e. The zero-order valence-corrected chi connectivity index (χ0v) is 22.8. The van der Waals surface area contributed by atoms with Crippen LogP contribution in [0.5, 0.6) is 0 Å². The Kier molecular flexibility index (Phi) is 9.95. The summed E-state index contributed by atoms with van der Waals surface area (Å²) in [5.41, 5.74) is 6.37. The number of rotatable bonds is 13. The van der Waals surface area contributed by atoms with Crippen molar-refractivity contribution >= 4 is 23.5 Å². The average molecular weight is 505 g/mol. The van der Waals surface area contributed by atoms with Crippen LogP contribution in [0.15, 0.2) is 0 Å². The summed E-state index contributed by atoms with van der Waals surface area (Å²) in [6, 6.07) is -1.78. The van der Waals surface area contributed by atoms with Crippen LogP contribution in [0.25, 0.3) is 0 Å². The second kappa shape index (κ2) is 12.5. The smallest absolute Gasteiger partial charge is 0.245 e. The van der Waals surface area contributed by atoms with Gasteiger partial charge in [0, 0.05) is 25.9 Å². The normalized spacial score (nSPS) is 24.7. The number of carbonyl (C=O) groups excluding carboxylic acids is 4. The summed E-state index contributed by atoms with van der Waals surface area (Å²) in [5.74, 6) is 0.129. The molecule has 0 aromatic rings. The SMILES string of the molecule is CNC(=O)CCCCCC[C@H](NC(=O)C1CC2(CCC2)C1)C(=O)N1CC[C@H](C(C)C)C1C(=O)C(C)N. The van der Waals surface area contributed by atoms with E-state index < -0.39 is 18.1 Å². The molecular weight excluding hydrogens is 456 g/mol. The van der Waals surface area contributed by atoms with Crippen molar-refractivity contribution in [3.05, 3.63) is 0 Å². The second-order valence-corrected chi connectivity index (χ2v) is 12.0. The zero-order chi connectivity index (χ0) is 26.5. The minimum atomic E-state index is -0.633. The summed E-state index contributed by atoms with van der Waals surface area (Å²) in [7, 11) is 1.64. The highest BCUT2D eigenvalue weighted by atomic mass is 16.2. The second-order valence-electron chi connectivity index (χ2n) is 12.0. The van der Waals surface area contributed by atoms with E-state index in [4.69, 9.17) is 5.73 Å². The Morgan fingerprint density at radius 2 is 1.69 bits per heavy atom. The highest BCUT2D eigenvalue weighted by molar-refractivity contribution is 5.95. The van der Waals surface area contributed by atoms with Gasteiger partial charge in [0.05, 0.1) is 12.1 Å². The van der Waals surface area contributed by atoms with Crippen LogP contribution in [0.4, 0.5) is 0 Å². The van der Waals surface area contributed by atoms with E-state index in [-0.39, 0.29) is 41.3 Å². The topological polar surface area (TPSA) is 122 Å². The van der Waals surface area contributed by atoms with Gasteiger partial charge >= 0.3 is 0 Å². The predicted molar refractivity (Wildman–Crippen MR) is 140 cm³/mol. The van der Waals surface area contributed by atoms with Crippen molar-refractivity contribution in [3.63, 3.8) is 0 Å². The lowest BCUT2D eigenvalue weighted by atomic mass is 9.51. The molecule has 36 heavy (non-hydrogen) atoms. The van der Waals surface area contributed by atoms with E-state index in [1.807, 2.05) is 0 Å². The quantitative estimate of drug-likeness (QED) is 0.333. The molecule has 3 amide bonds. The molecule has 1 spiro atoms. The number of hydrogen-bond donors (Lipinski definition) is 3. The van der Waals surface area contributed by atoms with E-state index >= 15 is 0 Å². The summed E-state index contributed by atoms with van der Waals surface area (Å²) in [6.45, 7) is 6.39. The maximum atomic E-state index is 13.8. The van der Waals surface area contributed by atoms with Crippen LogP contribution in [0.2, 0.25) is 0 Å². The first-order valence-electron chi connectivity index (χ1n) is 14.2. The molecule has 3 aliphatic rings. The molecule has 3 fully saturated rings. The third-order valence-electron chi connectivity index (χ3n) is 9.01. The fraction of sp³-hybridized carbons (Fsp3) is 0.857. The first-order valence-corrected chi connectivity index (χ1v) is 14.2. The fourth-order valence-corrected chi connectivity index (χ4v) is 6.51. The van der Waals surface area contributed by atoms with Crippen molar-refractivity contribution < 1.29 is 19.2 Å². The zero-order valence-electron chi connectivity index (χ0n) is 22.8. The lowest BCUT2D eigenvalue weighted by Crippen LogP contribution is -2.57. The van der Waals surface area contributed by atoms with Gasteiger partial charge in [-0.2, -0.15) is 0 Å². The Morgan fingerprint density at radius 1 is 1.03 bits per heavy atom. The highest BCUT2D eigenvalue weighted by Gasteiger charge is 2.51. The molecule has 4 atom stereocenters. The summed E-state index contributed by atoms with van der Waals surface area (Å²) >= 11 is 0. The maximum absolute atomic E-state index is 13.8. The van der Waals surface area contributed by atoms with Gasteiger partial charge in [0.1, 0.15) is 6.04 Å². The minimum absolute atomic E-state index is 0.00311. The number of ketones is 1. The molecule has 8 heteroatoms. The van der Waals surface area contributed by atoms with E-state index in [0.29, 0.717) is 24.8 Å². The molecule has 1 saturated heterocycles. The summed E-state index contributed by atoms with van der Waals surface area (Å²) in [6.07, 6.45) is 10.8. The van der Waals surface area contributed by atoms with Crippen LogP contribution in [0.3, 0.4) is 0 Å². The molecule has 8 nitrogen and oxygen atoms in total. The lowest BCUT2D eigenvalue weighted by molar-refractivity contribution is -0.145. The molecular formula is C28H48N4O4. The van der Waals surface area contributed by atoms with Crippen molar-refractivity contribution in [1.29, 1.82) is 0 Å². The van der Waals surface area contributed by atoms with Crippen LogP contribution < -0.4 is 16.4 Å². The predicted octanol–water partition coefficient (Wildman–Crippen LogP) is 2.93. The highest BCUT2D eigenvalue weighted by Crippen LogP contribution is 2.58. The summed E-state index contributed by atoms with van der Waals surface area (Å²) in [5, 5.41) is 5.73. The molecule has 1 aliphatic heterocycles. The number of unbranched alkanes of at least 4 members (excludes halogenated alkanes) is 3.